The summed E-state index contributed by atoms with van der Waals surface area (Å²) in [4.78, 5) is 16.7. The Morgan fingerprint density at radius 1 is 1.00 bits per heavy atom. The average Bonchev–Trinajstić information content (AvgIpc) is 3.33. The van der Waals surface area contributed by atoms with E-state index in [4.69, 9.17) is 23.5 Å². The van der Waals surface area contributed by atoms with E-state index in [1.165, 1.54) is 0 Å². The number of hydrogen-bond donors (Lipinski definition) is 1. The zero-order chi connectivity index (χ0) is 23.6. The number of amides is 1. The van der Waals surface area contributed by atoms with Crippen LogP contribution in [0.25, 0.3) is 11.4 Å². The van der Waals surface area contributed by atoms with Crippen molar-refractivity contribution >= 4 is 5.91 Å². The molecule has 0 radical (unpaired) electrons. The number of aromatic nitrogens is 2. The Labute approximate surface area is 193 Å². The maximum Gasteiger partial charge on any atom is 0.258 e. The largest absolute Gasteiger partial charge is 0.496 e. The lowest BCUT2D eigenvalue weighted by molar-refractivity contribution is -0.123. The van der Waals surface area contributed by atoms with E-state index in [1.54, 1.807) is 45.6 Å². The fraction of sp³-hybridized carbons (Fsp3) is 0.375. The second-order valence-corrected chi connectivity index (χ2v) is 7.22. The number of nitrogens with one attached hydrogen (secondary N) is 1. The van der Waals surface area contributed by atoms with E-state index < -0.39 is 0 Å². The van der Waals surface area contributed by atoms with Gasteiger partial charge in [0.05, 0.1) is 21.3 Å². The Bertz CT molecular complexity index is 1050. The standard InChI is InChI=1S/C24H29N3O6/c1-5-6-7-23-26-24(27-33-23)16-8-10-18(11-9-16)32-15-22(28)25-14-17-12-20(30-3)21(31-4)13-19(17)29-2/h8-13H,5-7,14-15H2,1-4H3,(H,25,28). The van der Waals surface area contributed by atoms with E-state index in [9.17, 15) is 4.79 Å². The monoisotopic (exact) mass is 455 g/mol. The number of carbonyl (C=O) groups is 1. The van der Waals surface area contributed by atoms with Crippen LogP contribution in [0.2, 0.25) is 0 Å². The van der Waals surface area contributed by atoms with Crippen LogP contribution in [0.15, 0.2) is 40.9 Å². The van der Waals surface area contributed by atoms with Crippen LogP contribution in [-0.4, -0.2) is 44.0 Å². The Kier molecular flexibility index (Phi) is 8.51. The predicted molar refractivity (Wildman–Crippen MR) is 122 cm³/mol. The molecule has 1 heterocycles. The Morgan fingerprint density at radius 2 is 1.70 bits per heavy atom. The summed E-state index contributed by atoms with van der Waals surface area (Å²) >= 11 is 0. The lowest BCUT2D eigenvalue weighted by Crippen LogP contribution is -2.28. The van der Waals surface area contributed by atoms with Crippen molar-refractivity contribution in [3.05, 3.63) is 47.9 Å². The van der Waals surface area contributed by atoms with Gasteiger partial charge in [-0.1, -0.05) is 18.5 Å². The van der Waals surface area contributed by atoms with Crippen molar-refractivity contribution in [3.8, 4) is 34.4 Å². The minimum atomic E-state index is -0.269. The van der Waals surface area contributed by atoms with E-state index in [-0.39, 0.29) is 19.1 Å². The topological polar surface area (TPSA) is 105 Å². The van der Waals surface area contributed by atoms with Gasteiger partial charge in [0.2, 0.25) is 11.7 Å². The molecule has 0 fully saturated rings. The SMILES string of the molecule is CCCCc1nc(-c2ccc(OCC(=O)NCc3cc(OC)c(OC)cc3OC)cc2)no1. The van der Waals surface area contributed by atoms with Gasteiger partial charge in [-0.3, -0.25) is 4.79 Å². The molecule has 0 unspecified atom stereocenters. The number of ether oxygens (including phenoxy) is 4. The average molecular weight is 456 g/mol. The fourth-order valence-electron chi connectivity index (χ4n) is 3.13. The van der Waals surface area contributed by atoms with Crippen molar-refractivity contribution in [1.29, 1.82) is 0 Å². The second-order valence-electron chi connectivity index (χ2n) is 7.22. The summed E-state index contributed by atoms with van der Waals surface area (Å²) in [6, 6.07) is 10.7. The lowest BCUT2D eigenvalue weighted by atomic mass is 10.1. The molecular formula is C24H29N3O6. The molecule has 3 rings (SSSR count). The van der Waals surface area contributed by atoms with Crippen LogP contribution in [0, 0.1) is 0 Å². The van der Waals surface area contributed by atoms with Crippen molar-refractivity contribution in [2.24, 2.45) is 0 Å². The first-order chi connectivity index (χ1) is 16.1. The summed E-state index contributed by atoms with van der Waals surface area (Å²) in [6.07, 6.45) is 2.85. The summed E-state index contributed by atoms with van der Waals surface area (Å²) in [5, 5.41) is 6.83. The minimum absolute atomic E-state index is 0.127. The van der Waals surface area contributed by atoms with Crippen LogP contribution in [0.1, 0.15) is 31.2 Å². The Morgan fingerprint density at radius 3 is 2.36 bits per heavy atom. The Balaban J connectivity index is 1.52. The molecule has 0 bridgehead atoms. The fourth-order valence-corrected chi connectivity index (χ4v) is 3.13. The van der Waals surface area contributed by atoms with Gasteiger partial charge in [-0.25, -0.2) is 0 Å². The van der Waals surface area contributed by atoms with E-state index in [0.29, 0.717) is 34.7 Å². The van der Waals surface area contributed by atoms with Crippen LogP contribution >= 0.6 is 0 Å². The molecule has 0 atom stereocenters. The van der Waals surface area contributed by atoms with Gasteiger partial charge in [0, 0.05) is 30.2 Å². The van der Waals surface area contributed by atoms with Crippen molar-refractivity contribution in [3.63, 3.8) is 0 Å². The third kappa shape index (κ3) is 6.38. The molecule has 33 heavy (non-hydrogen) atoms. The van der Waals surface area contributed by atoms with Gasteiger partial charge in [0.15, 0.2) is 18.1 Å². The van der Waals surface area contributed by atoms with E-state index in [2.05, 4.69) is 22.4 Å². The highest BCUT2D eigenvalue weighted by molar-refractivity contribution is 5.77. The highest BCUT2D eigenvalue weighted by Crippen LogP contribution is 2.34. The number of rotatable bonds is 12. The van der Waals surface area contributed by atoms with Crippen LogP contribution in [0.5, 0.6) is 23.0 Å². The van der Waals surface area contributed by atoms with Crippen molar-refractivity contribution < 1.29 is 28.3 Å². The summed E-state index contributed by atoms with van der Waals surface area (Å²) < 4.78 is 26.8. The molecule has 0 aliphatic carbocycles. The quantitative estimate of drug-likeness (QED) is 0.440. The zero-order valence-electron chi connectivity index (χ0n) is 19.3. The summed E-state index contributed by atoms with van der Waals surface area (Å²) in [6.45, 7) is 2.24. The molecule has 1 amide bonds. The maximum absolute atomic E-state index is 12.3. The molecule has 1 N–H and O–H groups in total. The smallest absolute Gasteiger partial charge is 0.258 e. The number of aryl methyl sites for hydroxylation is 1. The molecule has 0 saturated heterocycles. The third-order valence-corrected chi connectivity index (χ3v) is 4.96. The molecule has 0 aliphatic heterocycles. The number of unbranched alkanes of at least 4 members (excludes halogenated alkanes) is 1. The zero-order valence-corrected chi connectivity index (χ0v) is 19.3. The number of benzene rings is 2. The molecule has 176 valence electrons. The van der Waals surface area contributed by atoms with Crippen LogP contribution in [0.3, 0.4) is 0 Å². The first kappa shape index (κ1) is 23.9. The van der Waals surface area contributed by atoms with Crippen molar-refractivity contribution in [1.82, 2.24) is 15.5 Å². The number of nitrogens with zero attached hydrogens (tertiary/aromatic N) is 2. The highest BCUT2D eigenvalue weighted by Gasteiger charge is 2.13. The minimum Gasteiger partial charge on any atom is -0.496 e. The first-order valence-electron chi connectivity index (χ1n) is 10.7. The molecule has 9 heteroatoms. The molecule has 3 aromatic rings. The van der Waals surface area contributed by atoms with Crippen LogP contribution in [-0.2, 0) is 17.8 Å². The van der Waals surface area contributed by atoms with Crippen LogP contribution in [0.4, 0.5) is 0 Å². The predicted octanol–water partition coefficient (Wildman–Crippen LogP) is 3.80. The van der Waals surface area contributed by atoms with Gasteiger partial charge in [-0.2, -0.15) is 4.98 Å². The summed E-state index contributed by atoms with van der Waals surface area (Å²) in [5.74, 6) is 3.15. The molecule has 2 aromatic carbocycles. The normalized spacial score (nSPS) is 10.5. The van der Waals surface area contributed by atoms with Gasteiger partial charge >= 0.3 is 0 Å². The number of carbonyl (C=O) groups excluding carboxylic acids is 1. The van der Waals surface area contributed by atoms with E-state index in [0.717, 1.165) is 30.4 Å². The van der Waals surface area contributed by atoms with Gasteiger partial charge in [0.1, 0.15) is 11.5 Å². The van der Waals surface area contributed by atoms with E-state index in [1.807, 2.05) is 12.1 Å². The van der Waals surface area contributed by atoms with Gasteiger partial charge in [-0.15, -0.1) is 0 Å². The maximum atomic E-state index is 12.3. The molecule has 9 nitrogen and oxygen atoms in total. The van der Waals surface area contributed by atoms with Gasteiger partial charge < -0.3 is 28.8 Å². The van der Waals surface area contributed by atoms with Gasteiger partial charge in [0.25, 0.3) is 5.91 Å². The van der Waals surface area contributed by atoms with Crippen molar-refractivity contribution in [2.45, 2.75) is 32.7 Å². The van der Waals surface area contributed by atoms with Gasteiger partial charge in [-0.05, 0) is 36.8 Å². The molecule has 1 aromatic heterocycles. The first-order valence-corrected chi connectivity index (χ1v) is 10.7. The number of hydrogen-bond acceptors (Lipinski definition) is 8. The molecule has 0 aliphatic rings. The van der Waals surface area contributed by atoms with E-state index >= 15 is 0 Å². The molecular weight excluding hydrogens is 426 g/mol. The number of methoxy groups -OCH3 is 3. The summed E-state index contributed by atoms with van der Waals surface area (Å²) in [7, 11) is 4.66. The summed E-state index contributed by atoms with van der Waals surface area (Å²) in [5.41, 5.74) is 1.57. The lowest BCUT2D eigenvalue weighted by Gasteiger charge is -2.14. The molecule has 0 spiro atoms. The van der Waals surface area contributed by atoms with Crippen LogP contribution < -0.4 is 24.3 Å². The highest BCUT2D eigenvalue weighted by atomic mass is 16.5. The molecule has 0 saturated carbocycles. The Hall–Kier alpha value is -3.75. The van der Waals surface area contributed by atoms with Crippen molar-refractivity contribution in [2.75, 3.05) is 27.9 Å². The third-order valence-electron chi connectivity index (χ3n) is 4.96. The second kappa shape index (κ2) is 11.8.